The van der Waals surface area contributed by atoms with E-state index in [2.05, 4.69) is 15.3 Å². The summed E-state index contributed by atoms with van der Waals surface area (Å²) in [5.41, 5.74) is 5.08. The molecule has 1 aromatic heterocycles. The third-order valence-corrected chi connectivity index (χ3v) is 2.29. The van der Waals surface area contributed by atoms with Crippen molar-refractivity contribution in [3.63, 3.8) is 0 Å². The molecule has 1 unspecified atom stereocenters. The molecule has 1 heterocycles. The van der Waals surface area contributed by atoms with E-state index < -0.39 is 11.5 Å². The predicted octanol–water partition coefficient (Wildman–Crippen LogP) is 0.407. The molecular weight excluding hydrogens is 224 g/mol. The molecule has 5 N–H and O–H groups in total. The van der Waals surface area contributed by atoms with E-state index in [1.165, 1.54) is 6.33 Å². The Hall–Kier alpha value is -2.05. The molecule has 7 heteroatoms. The van der Waals surface area contributed by atoms with Crippen molar-refractivity contribution >= 4 is 17.5 Å². The maximum atomic E-state index is 11.2. The summed E-state index contributed by atoms with van der Waals surface area (Å²) in [4.78, 5) is 28.1. The Bertz CT molecular complexity index is 443. The van der Waals surface area contributed by atoms with Crippen LogP contribution in [0.3, 0.4) is 0 Å². The largest absolute Gasteiger partial charge is 0.481 e. The van der Waals surface area contributed by atoms with Gasteiger partial charge in [-0.25, -0.2) is 4.98 Å². The van der Waals surface area contributed by atoms with Gasteiger partial charge in [0.1, 0.15) is 5.69 Å². The average molecular weight is 240 g/mol. The molecule has 7 nitrogen and oxygen atoms in total. The summed E-state index contributed by atoms with van der Waals surface area (Å²) in [7, 11) is 0. The van der Waals surface area contributed by atoms with E-state index in [1.807, 2.05) is 6.92 Å². The first-order valence-electron chi connectivity index (χ1n) is 5.36. The number of hydrogen-bond donors (Lipinski definition) is 4. The molecule has 0 fully saturated rings. The lowest BCUT2D eigenvalue weighted by atomic mass is 10.1. The molecule has 0 bridgehead atoms. The lowest BCUT2D eigenvalue weighted by Gasteiger charge is -2.17. The molecular formula is C10H16N4O3. The zero-order chi connectivity index (χ0) is 12.8. The fourth-order valence-electron chi connectivity index (χ4n) is 1.50. The molecule has 1 atom stereocenters. The Morgan fingerprint density at radius 1 is 1.71 bits per heavy atom. The summed E-state index contributed by atoms with van der Waals surface area (Å²) < 4.78 is 0. The number of rotatable bonds is 6. The van der Waals surface area contributed by atoms with Gasteiger partial charge in [-0.3, -0.25) is 9.59 Å². The minimum absolute atomic E-state index is 0.0287. The number of aromatic amines is 1. The van der Waals surface area contributed by atoms with E-state index in [-0.39, 0.29) is 24.0 Å². The van der Waals surface area contributed by atoms with E-state index in [4.69, 9.17) is 10.8 Å². The van der Waals surface area contributed by atoms with Crippen LogP contribution in [0.15, 0.2) is 11.1 Å². The van der Waals surface area contributed by atoms with Crippen LogP contribution in [0.4, 0.5) is 11.5 Å². The van der Waals surface area contributed by atoms with Crippen LogP contribution in [0, 0.1) is 0 Å². The molecule has 0 aliphatic heterocycles. The van der Waals surface area contributed by atoms with Crippen molar-refractivity contribution in [3.8, 4) is 0 Å². The normalized spacial score (nSPS) is 12.1. The van der Waals surface area contributed by atoms with Crippen molar-refractivity contribution in [2.45, 2.75) is 32.2 Å². The summed E-state index contributed by atoms with van der Waals surface area (Å²) in [5, 5.41) is 11.6. The molecule has 17 heavy (non-hydrogen) atoms. The topological polar surface area (TPSA) is 121 Å². The standard InChI is InChI=1S/C10H16N4O3/c1-2-3-6(4-7(15)16)14-9-8(11)10(17)13-5-12-9/h5-6H,2-4,11H2,1H3,(H,15,16)(H2,12,13,14,17). The van der Waals surface area contributed by atoms with Crippen LogP contribution in [0.1, 0.15) is 26.2 Å². The number of carboxylic acids is 1. The Kier molecular flexibility index (Phi) is 4.50. The van der Waals surface area contributed by atoms with Gasteiger partial charge in [0.15, 0.2) is 5.82 Å². The Labute approximate surface area is 98.1 Å². The van der Waals surface area contributed by atoms with Crippen LogP contribution in [-0.2, 0) is 4.79 Å². The molecule has 0 aliphatic rings. The minimum atomic E-state index is -0.903. The number of aliphatic carboxylic acids is 1. The van der Waals surface area contributed by atoms with Gasteiger partial charge in [-0.15, -0.1) is 0 Å². The SMILES string of the molecule is CCCC(CC(=O)O)Nc1nc[nH]c(=O)c1N. The van der Waals surface area contributed by atoms with E-state index >= 15 is 0 Å². The van der Waals surface area contributed by atoms with Gasteiger partial charge in [-0.05, 0) is 6.42 Å². The van der Waals surface area contributed by atoms with Crippen molar-refractivity contribution in [2.75, 3.05) is 11.1 Å². The number of carboxylic acid groups (broad SMARTS) is 1. The van der Waals surface area contributed by atoms with Crippen molar-refractivity contribution in [2.24, 2.45) is 0 Å². The van der Waals surface area contributed by atoms with E-state index in [9.17, 15) is 9.59 Å². The first kappa shape index (κ1) is 13.0. The number of H-pyrrole nitrogens is 1. The van der Waals surface area contributed by atoms with Gasteiger partial charge >= 0.3 is 5.97 Å². The lowest BCUT2D eigenvalue weighted by Crippen LogP contribution is -2.26. The minimum Gasteiger partial charge on any atom is -0.481 e. The van der Waals surface area contributed by atoms with Crippen molar-refractivity contribution < 1.29 is 9.90 Å². The number of nitrogens with zero attached hydrogens (tertiary/aromatic N) is 1. The second kappa shape index (κ2) is 5.88. The van der Waals surface area contributed by atoms with Gasteiger partial charge in [-0.2, -0.15) is 0 Å². The van der Waals surface area contributed by atoms with Crippen LogP contribution in [0.2, 0.25) is 0 Å². The highest BCUT2D eigenvalue weighted by molar-refractivity contribution is 5.69. The number of nitrogen functional groups attached to an aromatic ring is 1. The van der Waals surface area contributed by atoms with Crippen LogP contribution in [0.25, 0.3) is 0 Å². The Balaban J connectivity index is 2.81. The van der Waals surface area contributed by atoms with Gasteiger partial charge in [0, 0.05) is 6.04 Å². The molecule has 0 amide bonds. The summed E-state index contributed by atoms with van der Waals surface area (Å²) in [6.45, 7) is 1.95. The van der Waals surface area contributed by atoms with Gasteiger partial charge in [0.25, 0.3) is 5.56 Å². The molecule has 1 rings (SSSR count). The third kappa shape index (κ3) is 3.78. The number of aromatic nitrogens is 2. The van der Waals surface area contributed by atoms with Crippen LogP contribution >= 0.6 is 0 Å². The van der Waals surface area contributed by atoms with Crippen LogP contribution in [0.5, 0.6) is 0 Å². The number of nitrogens with two attached hydrogens (primary N) is 1. The van der Waals surface area contributed by atoms with E-state index in [0.717, 1.165) is 6.42 Å². The average Bonchev–Trinajstić information content (AvgIpc) is 2.24. The van der Waals surface area contributed by atoms with Crippen LogP contribution in [-0.4, -0.2) is 27.1 Å². The number of carbonyl (C=O) groups is 1. The van der Waals surface area contributed by atoms with Gasteiger partial charge < -0.3 is 21.1 Å². The third-order valence-electron chi connectivity index (χ3n) is 2.29. The molecule has 0 saturated heterocycles. The summed E-state index contributed by atoms with van der Waals surface area (Å²) in [6, 6.07) is -0.283. The van der Waals surface area contributed by atoms with Crippen LogP contribution < -0.4 is 16.6 Å². The number of hydrogen-bond acceptors (Lipinski definition) is 5. The second-order valence-electron chi connectivity index (χ2n) is 3.72. The van der Waals surface area contributed by atoms with Crippen molar-refractivity contribution in [1.29, 1.82) is 0 Å². The highest BCUT2D eigenvalue weighted by atomic mass is 16.4. The Morgan fingerprint density at radius 3 is 3.00 bits per heavy atom. The maximum absolute atomic E-state index is 11.2. The van der Waals surface area contributed by atoms with Gasteiger partial charge in [0.05, 0.1) is 12.7 Å². The summed E-state index contributed by atoms with van der Waals surface area (Å²) in [5.74, 6) is -0.673. The van der Waals surface area contributed by atoms with Crippen molar-refractivity contribution in [1.82, 2.24) is 9.97 Å². The lowest BCUT2D eigenvalue weighted by molar-refractivity contribution is -0.137. The highest BCUT2D eigenvalue weighted by Crippen LogP contribution is 2.13. The first-order valence-corrected chi connectivity index (χ1v) is 5.36. The van der Waals surface area contributed by atoms with E-state index in [1.54, 1.807) is 0 Å². The second-order valence-corrected chi connectivity index (χ2v) is 3.72. The predicted molar refractivity (Wildman–Crippen MR) is 63.8 cm³/mol. The van der Waals surface area contributed by atoms with Gasteiger partial charge in [-0.1, -0.05) is 13.3 Å². The number of anilines is 2. The van der Waals surface area contributed by atoms with Crippen molar-refractivity contribution in [3.05, 3.63) is 16.7 Å². The smallest absolute Gasteiger partial charge is 0.305 e. The first-order chi connectivity index (χ1) is 8.04. The Morgan fingerprint density at radius 2 is 2.41 bits per heavy atom. The fourth-order valence-corrected chi connectivity index (χ4v) is 1.50. The summed E-state index contributed by atoms with van der Waals surface area (Å²) in [6.07, 6.45) is 2.68. The molecule has 1 aromatic rings. The monoisotopic (exact) mass is 240 g/mol. The molecule has 0 aliphatic carbocycles. The van der Waals surface area contributed by atoms with E-state index in [0.29, 0.717) is 6.42 Å². The highest BCUT2D eigenvalue weighted by Gasteiger charge is 2.14. The number of nitrogens with one attached hydrogen (secondary N) is 2. The zero-order valence-corrected chi connectivity index (χ0v) is 9.56. The molecule has 94 valence electrons. The maximum Gasteiger partial charge on any atom is 0.305 e. The van der Waals surface area contributed by atoms with Gasteiger partial charge in [0.2, 0.25) is 0 Å². The summed E-state index contributed by atoms with van der Waals surface area (Å²) >= 11 is 0. The molecule has 0 spiro atoms. The quantitative estimate of drug-likeness (QED) is 0.571. The molecule has 0 radical (unpaired) electrons. The zero-order valence-electron chi connectivity index (χ0n) is 9.56. The molecule has 0 saturated carbocycles. The fraction of sp³-hybridized carbons (Fsp3) is 0.500. The molecule has 0 aromatic carbocycles.